The number of aromatic nitrogens is 1. The molecule has 1 unspecified atom stereocenters. The van der Waals surface area contributed by atoms with Crippen molar-refractivity contribution in [2.24, 2.45) is 0 Å². The van der Waals surface area contributed by atoms with E-state index in [9.17, 15) is 14.7 Å². The molecule has 5 rings (SSSR count). The number of pyridine rings is 1. The van der Waals surface area contributed by atoms with Crippen molar-refractivity contribution in [3.05, 3.63) is 94.8 Å². The Balaban J connectivity index is 1.65. The lowest BCUT2D eigenvalue weighted by molar-refractivity contribution is -0.132. The summed E-state index contributed by atoms with van der Waals surface area (Å²) in [4.78, 5) is 32.1. The number of hydrogen-bond acceptors (Lipinski definition) is 5. The summed E-state index contributed by atoms with van der Waals surface area (Å²) in [7, 11) is 0. The van der Waals surface area contributed by atoms with Crippen molar-refractivity contribution in [1.29, 1.82) is 0 Å². The number of Topliss-reactive ketones (excluding diaryl/α,β-unsaturated/α-hetero) is 1. The van der Waals surface area contributed by atoms with Gasteiger partial charge in [0.05, 0.1) is 18.2 Å². The molecule has 0 aliphatic carbocycles. The Hall–Kier alpha value is -3.93. The first kappa shape index (κ1) is 21.9. The predicted molar refractivity (Wildman–Crippen MR) is 130 cm³/mol. The Morgan fingerprint density at radius 1 is 1.06 bits per heavy atom. The minimum Gasteiger partial charge on any atom is -0.507 e. The summed E-state index contributed by atoms with van der Waals surface area (Å²) in [5.41, 5.74) is 3.99. The Kier molecular flexibility index (Phi) is 5.65. The lowest BCUT2D eigenvalue weighted by Gasteiger charge is -2.26. The molecule has 2 aliphatic heterocycles. The summed E-state index contributed by atoms with van der Waals surface area (Å²) in [6, 6.07) is 15.8. The van der Waals surface area contributed by atoms with Gasteiger partial charge in [0, 0.05) is 23.6 Å². The molecule has 1 aromatic heterocycles. The zero-order valence-electron chi connectivity index (χ0n) is 19.2. The summed E-state index contributed by atoms with van der Waals surface area (Å²) in [5.74, 6) is -0.425. The number of carbonyl (C=O) groups excluding carboxylic acids is 2. The number of fused-ring (bicyclic) bond motifs is 1. The second-order valence-electron chi connectivity index (χ2n) is 8.97. The van der Waals surface area contributed by atoms with E-state index in [1.165, 1.54) is 4.90 Å². The van der Waals surface area contributed by atoms with Crippen molar-refractivity contribution in [3.8, 4) is 5.75 Å². The van der Waals surface area contributed by atoms with E-state index < -0.39 is 17.7 Å². The third kappa shape index (κ3) is 3.75. The van der Waals surface area contributed by atoms with Crippen LogP contribution in [0.4, 0.5) is 5.69 Å². The van der Waals surface area contributed by atoms with Crippen LogP contribution in [0, 0.1) is 0 Å². The van der Waals surface area contributed by atoms with Crippen LogP contribution in [0.15, 0.2) is 72.6 Å². The number of nitrogens with zero attached hydrogens (tertiary/aromatic N) is 2. The van der Waals surface area contributed by atoms with Crippen LogP contribution >= 0.6 is 0 Å². The van der Waals surface area contributed by atoms with Crippen LogP contribution in [0.1, 0.15) is 54.5 Å². The third-order valence-corrected chi connectivity index (χ3v) is 6.49. The highest BCUT2D eigenvalue weighted by Gasteiger charge is 2.47. The molecule has 0 radical (unpaired) electrons. The van der Waals surface area contributed by atoms with Crippen molar-refractivity contribution < 1.29 is 19.4 Å². The van der Waals surface area contributed by atoms with E-state index in [-0.39, 0.29) is 11.3 Å². The number of carbonyl (C=O) groups is 2. The smallest absolute Gasteiger partial charge is 0.300 e. The largest absolute Gasteiger partial charge is 0.507 e. The maximum Gasteiger partial charge on any atom is 0.300 e. The first-order valence-electron chi connectivity index (χ1n) is 11.5. The first-order chi connectivity index (χ1) is 16.5. The lowest BCUT2D eigenvalue weighted by atomic mass is 9.94. The van der Waals surface area contributed by atoms with Gasteiger partial charge in [0.25, 0.3) is 11.7 Å². The van der Waals surface area contributed by atoms with Crippen LogP contribution in [0.3, 0.4) is 0 Å². The number of benzene rings is 2. The van der Waals surface area contributed by atoms with Crippen LogP contribution in [0.25, 0.3) is 5.76 Å². The third-order valence-electron chi connectivity index (χ3n) is 6.49. The SMILES string of the molecule is CC(C)c1ccc(N2C(=O)C(=O)/C(=C(\O)c3ccc4c(c3)CCCO4)C2c2ccncc2)cc1. The normalized spacial score (nSPS) is 19.3. The average Bonchev–Trinajstić information content (AvgIpc) is 3.14. The molecule has 1 saturated heterocycles. The van der Waals surface area contributed by atoms with Crippen molar-refractivity contribution in [2.75, 3.05) is 11.5 Å². The summed E-state index contributed by atoms with van der Waals surface area (Å²) >= 11 is 0. The second-order valence-corrected chi connectivity index (χ2v) is 8.97. The van der Waals surface area contributed by atoms with Crippen molar-refractivity contribution in [1.82, 2.24) is 4.98 Å². The molecular formula is C28H26N2O4. The highest BCUT2D eigenvalue weighted by Crippen LogP contribution is 2.42. The number of rotatable bonds is 4. The van der Waals surface area contributed by atoms with Gasteiger partial charge in [0.15, 0.2) is 0 Å². The quantitative estimate of drug-likeness (QED) is 0.335. The number of aryl methyl sites for hydroxylation is 1. The molecular weight excluding hydrogens is 428 g/mol. The molecule has 3 aromatic rings. The van der Waals surface area contributed by atoms with Crippen LogP contribution in [0.5, 0.6) is 5.75 Å². The molecule has 0 saturated carbocycles. The fourth-order valence-corrected chi connectivity index (χ4v) is 4.64. The van der Waals surface area contributed by atoms with Gasteiger partial charge in [-0.25, -0.2) is 0 Å². The first-order valence-corrected chi connectivity index (χ1v) is 11.5. The fraction of sp³-hybridized carbons (Fsp3) is 0.250. The predicted octanol–water partition coefficient (Wildman–Crippen LogP) is 5.16. The van der Waals surface area contributed by atoms with Gasteiger partial charge in [-0.05, 0) is 77.9 Å². The average molecular weight is 455 g/mol. The minimum atomic E-state index is -0.764. The zero-order chi connectivity index (χ0) is 23.8. The second kappa shape index (κ2) is 8.78. The van der Waals surface area contributed by atoms with E-state index in [4.69, 9.17) is 4.74 Å². The maximum absolute atomic E-state index is 13.3. The van der Waals surface area contributed by atoms with Crippen LogP contribution < -0.4 is 9.64 Å². The monoisotopic (exact) mass is 454 g/mol. The van der Waals surface area contributed by atoms with Crippen LogP contribution in [-0.4, -0.2) is 28.4 Å². The molecule has 1 N–H and O–H groups in total. The van der Waals surface area contributed by atoms with E-state index in [1.807, 2.05) is 36.4 Å². The highest BCUT2D eigenvalue weighted by molar-refractivity contribution is 6.51. The molecule has 1 amide bonds. The summed E-state index contributed by atoms with van der Waals surface area (Å²) in [6.45, 7) is 4.87. The van der Waals surface area contributed by atoms with Crippen LogP contribution in [0.2, 0.25) is 0 Å². The highest BCUT2D eigenvalue weighted by atomic mass is 16.5. The lowest BCUT2D eigenvalue weighted by Crippen LogP contribution is -2.29. The Labute approximate surface area is 198 Å². The molecule has 6 nitrogen and oxygen atoms in total. The molecule has 2 aromatic carbocycles. The molecule has 2 aliphatic rings. The topological polar surface area (TPSA) is 79.7 Å². The van der Waals surface area contributed by atoms with Gasteiger partial charge in [0.1, 0.15) is 11.5 Å². The maximum atomic E-state index is 13.3. The van der Waals surface area contributed by atoms with Gasteiger partial charge < -0.3 is 9.84 Å². The van der Waals surface area contributed by atoms with Gasteiger partial charge in [-0.15, -0.1) is 0 Å². The van der Waals surface area contributed by atoms with Crippen LogP contribution in [-0.2, 0) is 16.0 Å². The van der Waals surface area contributed by atoms with Gasteiger partial charge in [-0.2, -0.15) is 0 Å². The van der Waals surface area contributed by atoms with Gasteiger partial charge in [-0.1, -0.05) is 26.0 Å². The number of ether oxygens (including phenoxy) is 1. The van der Waals surface area contributed by atoms with Gasteiger partial charge in [-0.3, -0.25) is 19.5 Å². The van der Waals surface area contributed by atoms with E-state index in [1.54, 1.807) is 30.6 Å². The molecule has 34 heavy (non-hydrogen) atoms. The van der Waals surface area contributed by atoms with E-state index in [0.29, 0.717) is 29.3 Å². The fourth-order valence-electron chi connectivity index (χ4n) is 4.64. The number of hydrogen-bond donors (Lipinski definition) is 1. The Morgan fingerprint density at radius 2 is 1.79 bits per heavy atom. The Bertz CT molecular complexity index is 1280. The van der Waals surface area contributed by atoms with E-state index in [2.05, 4.69) is 18.8 Å². The molecule has 0 bridgehead atoms. The molecule has 3 heterocycles. The molecule has 172 valence electrons. The zero-order valence-corrected chi connectivity index (χ0v) is 19.2. The van der Waals surface area contributed by atoms with Crippen molar-refractivity contribution in [2.45, 2.75) is 38.6 Å². The standard InChI is InChI=1S/C28H26N2O4/c1-17(2)18-5-8-22(9-6-18)30-25(19-11-13-29-14-12-19)24(27(32)28(30)33)26(31)21-7-10-23-20(16-21)4-3-15-34-23/h5-14,16-17,25,31H,3-4,15H2,1-2H3/b26-24-. The van der Waals surface area contributed by atoms with E-state index >= 15 is 0 Å². The number of anilines is 1. The summed E-state index contributed by atoms with van der Waals surface area (Å²) in [5, 5.41) is 11.3. The number of aliphatic hydroxyl groups excluding tert-OH is 1. The molecule has 1 fully saturated rings. The van der Waals surface area contributed by atoms with Crippen molar-refractivity contribution >= 4 is 23.1 Å². The number of ketones is 1. The number of aliphatic hydroxyl groups is 1. The molecule has 6 heteroatoms. The van der Waals surface area contributed by atoms with Gasteiger partial charge in [0.2, 0.25) is 0 Å². The summed E-state index contributed by atoms with van der Waals surface area (Å²) in [6.07, 6.45) is 4.97. The molecule has 0 spiro atoms. The van der Waals surface area contributed by atoms with E-state index in [0.717, 1.165) is 29.7 Å². The molecule has 1 atom stereocenters. The van der Waals surface area contributed by atoms with Crippen molar-refractivity contribution in [3.63, 3.8) is 0 Å². The minimum absolute atomic E-state index is 0.0702. The number of amides is 1. The van der Waals surface area contributed by atoms with Gasteiger partial charge >= 0.3 is 0 Å². The summed E-state index contributed by atoms with van der Waals surface area (Å²) < 4.78 is 5.68. The Morgan fingerprint density at radius 3 is 2.50 bits per heavy atom.